The molecule has 3 rings (SSSR count). The molecule has 4 nitrogen and oxygen atoms in total. The number of hydrogen-bond acceptors (Lipinski definition) is 4. The molecule has 1 spiro atoms. The van der Waals surface area contributed by atoms with Gasteiger partial charge in [-0.15, -0.1) is 0 Å². The second-order valence-electron chi connectivity index (χ2n) is 5.29. The van der Waals surface area contributed by atoms with E-state index in [1.54, 1.807) is 0 Å². The third-order valence-electron chi connectivity index (χ3n) is 4.73. The number of rotatable bonds is 1. The summed E-state index contributed by atoms with van der Waals surface area (Å²) in [6, 6.07) is 0. The van der Waals surface area contributed by atoms with Crippen molar-refractivity contribution >= 4 is 11.8 Å². The molecule has 1 saturated heterocycles. The van der Waals surface area contributed by atoms with Gasteiger partial charge in [-0.1, -0.05) is 0 Å². The van der Waals surface area contributed by atoms with E-state index in [1.807, 2.05) is 0 Å². The molecule has 2 saturated carbocycles. The number of methoxy groups -OCH3 is 1. The summed E-state index contributed by atoms with van der Waals surface area (Å²) in [6.07, 6.45) is 2.89. The number of fused-ring (bicyclic) bond motifs is 2. The molecule has 0 aromatic rings. The molecule has 3 fully saturated rings. The van der Waals surface area contributed by atoms with Crippen molar-refractivity contribution in [3.8, 4) is 0 Å². The summed E-state index contributed by atoms with van der Waals surface area (Å²) in [7, 11) is 1.38. The van der Waals surface area contributed by atoms with E-state index in [9.17, 15) is 9.59 Å². The zero-order valence-electron chi connectivity index (χ0n) is 9.49. The summed E-state index contributed by atoms with van der Waals surface area (Å²) in [5.41, 5.74) is -0.0694. The molecule has 3 unspecified atom stereocenters. The molecule has 1 aliphatic heterocycles. The first-order chi connectivity index (χ1) is 7.70. The van der Waals surface area contributed by atoms with Crippen molar-refractivity contribution < 1.29 is 14.3 Å². The number of hydrogen-bond donors (Lipinski definition) is 1. The minimum Gasteiger partial charge on any atom is -0.468 e. The first kappa shape index (κ1) is 10.3. The predicted octanol–water partition coefficient (Wildman–Crippen LogP) is 0.364. The van der Waals surface area contributed by atoms with E-state index in [2.05, 4.69) is 5.32 Å². The largest absolute Gasteiger partial charge is 0.468 e. The lowest BCUT2D eigenvalue weighted by Crippen LogP contribution is -2.46. The summed E-state index contributed by atoms with van der Waals surface area (Å²) < 4.78 is 4.82. The Balaban J connectivity index is 1.94. The van der Waals surface area contributed by atoms with Crippen LogP contribution in [0.25, 0.3) is 0 Å². The van der Waals surface area contributed by atoms with Gasteiger partial charge in [-0.2, -0.15) is 0 Å². The van der Waals surface area contributed by atoms with Crippen LogP contribution >= 0.6 is 0 Å². The van der Waals surface area contributed by atoms with Gasteiger partial charge < -0.3 is 10.1 Å². The molecule has 16 heavy (non-hydrogen) atoms. The molecular weight excluding hydrogens is 206 g/mol. The maximum atomic E-state index is 12.1. The lowest BCUT2D eigenvalue weighted by Gasteiger charge is -2.39. The van der Waals surface area contributed by atoms with Gasteiger partial charge in [0.1, 0.15) is 5.92 Å². The highest BCUT2D eigenvalue weighted by Gasteiger charge is 2.69. The van der Waals surface area contributed by atoms with Gasteiger partial charge in [0.05, 0.1) is 7.11 Å². The van der Waals surface area contributed by atoms with Gasteiger partial charge in [-0.25, -0.2) is 0 Å². The molecule has 1 N–H and O–H groups in total. The Morgan fingerprint density at radius 1 is 1.44 bits per heavy atom. The maximum Gasteiger partial charge on any atom is 0.316 e. The Labute approximate surface area is 94.7 Å². The van der Waals surface area contributed by atoms with Crippen LogP contribution in [0.4, 0.5) is 0 Å². The summed E-state index contributed by atoms with van der Waals surface area (Å²) in [5.74, 6) is 0.00889. The molecule has 2 aliphatic carbocycles. The third-order valence-corrected chi connectivity index (χ3v) is 4.73. The number of nitrogens with one attached hydrogen (secondary N) is 1. The van der Waals surface area contributed by atoms with Crippen molar-refractivity contribution in [2.45, 2.75) is 19.3 Å². The third kappa shape index (κ3) is 1.14. The molecule has 1 heterocycles. The molecule has 0 radical (unpaired) electrons. The summed E-state index contributed by atoms with van der Waals surface area (Å²) in [4.78, 5) is 23.9. The molecule has 0 aromatic heterocycles. The molecule has 0 bridgehead atoms. The van der Waals surface area contributed by atoms with Gasteiger partial charge in [0.2, 0.25) is 0 Å². The van der Waals surface area contributed by atoms with Crippen molar-refractivity contribution in [2.24, 2.45) is 23.2 Å². The van der Waals surface area contributed by atoms with Crippen LogP contribution in [-0.2, 0) is 14.3 Å². The molecule has 4 heteroatoms. The number of ketones is 1. The Morgan fingerprint density at radius 2 is 2.12 bits per heavy atom. The highest BCUT2D eigenvalue weighted by atomic mass is 16.5. The Morgan fingerprint density at radius 3 is 2.75 bits per heavy atom. The number of Topliss-reactive ketones (excluding diaryl/α,β-unsaturated/α-hetero) is 1. The van der Waals surface area contributed by atoms with Crippen molar-refractivity contribution in [2.75, 3.05) is 20.2 Å². The second-order valence-corrected chi connectivity index (χ2v) is 5.29. The fourth-order valence-electron chi connectivity index (χ4n) is 3.88. The molecular formula is C12H17NO3. The van der Waals surface area contributed by atoms with Crippen LogP contribution in [0.5, 0.6) is 0 Å². The smallest absolute Gasteiger partial charge is 0.316 e. The zero-order chi connectivity index (χ0) is 11.3. The quantitative estimate of drug-likeness (QED) is 0.515. The highest BCUT2D eigenvalue weighted by molar-refractivity contribution is 6.05. The SMILES string of the molecule is COC(=O)C1C(=O)C2CC2C12CCNCC2. The molecule has 88 valence electrons. The van der Waals surface area contributed by atoms with Crippen LogP contribution in [0.1, 0.15) is 19.3 Å². The van der Waals surface area contributed by atoms with Crippen LogP contribution in [0.3, 0.4) is 0 Å². The van der Waals surface area contributed by atoms with E-state index in [0.29, 0.717) is 5.92 Å². The van der Waals surface area contributed by atoms with E-state index in [1.165, 1.54) is 7.11 Å². The topological polar surface area (TPSA) is 55.4 Å². The van der Waals surface area contributed by atoms with Crippen molar-refractivity contribution in [3.63, 3.8) is 0 Å². The lowest BCUT2D eigenvalue weighted by molar-refractivity contribution is -0.154. The van der Waals surface area contributed by atoms with Gasteiger partial charge in [0.25, 0.3) is 0 Å². The van der Waals surface area contributed by atoms with Crippen LogP contribution in [0, 0.1) is 23.2 Å². The molecule has 3 atom stereocenters. The normalized spacial score (nSPS) is 39.6. The number of carbonyl (C=O) groups excluding carboxylic acids is 2. The van der Waals surface area contributed by atoms with Crippen molar-refractivity contribution in [3.05, 3.63) is 0 Å². The minimum absolute atomic E-state index is 0.0694. The molecule has 0 amide bonds. The second kappa shape index (κ2) is 3.29. The van der Waals surface area contributed by atoms with Gasteiger partial charge >= 0.3 is 5.97 Å². The lowest BCUT2D eigenvalue weighted by atomic mass is 9.67. The minimum atomic E-state index is -0.469. The summed E-state index contributed by atoms with van der Waals surface area (Å²) in [6.45, 7) is 1.84. The van der Waals surface area contributed by atoms with Crippen LogP contribution in [0.15, 0.2) is 0 Å². The fraction of sp³-hybridized carbons (Fsp3) is 0.833. The number of esters is 1. The Bertz CT molecular complexity index is 346. The molecule has 0 aromatic carbocycles. The zero-order valence-corrected chi connectivity index (χ0v) is 9.49. The van der Waals surface area contributed by atoms with Crippen molar-refractivity contribution in [1.29, 1.82) is 0 Å². The number of ether oxygens (including phenoxy) is 1. The first-order valence-electron chi connectivity index (χ1n) is 6.03. The van der Waals surface area contributed by atoms with E-state index in [4.69, 9.17) is 4.74 Å². The van der Waals surface area contributed by atoms with Gasteiger partial charge in [0.15, 0.2) is 5.78 Å². The number of piperidine rings is 1. The average molecular weight is 223 g/mol. The molecule has 3 aliphatic rings. The van der Waals surface area contributed by atoms with Gasteiger partial charge in [-0.3, -0.25) is 9.59 Å². The van der Waals surface area contributed by atoms with Crippen LogP contribution in [-0.4, -0.2) is 32.0 Å². The van der Waals surface area contributed by atoms with E-state index >= 15 is 0 Å². The Kier molecular flexibility index (Phi) is 2.11. The highest BCUT2D eigenvalue weighted by Crippen LogP contribution is 2.66. The standard InChI is InChI=1S/C12H17NO3/c1-16-11(15)9-10(14)7-6-8(7)12(9)2-4-13-5-3-12/h7-9,13H,2-6H2,1H3. The van der Waals surface area contributed by atoms with Crippen LogP contribution < -0.4 is 5.32 Å². The first-order valence-corrected chi connectivity index (χ1v) is 6.03. The van der Waals surface area contributed by atoms with E-state index in [-0.39, 0.29) is 23.1 Å². The Hall–Kier alpha value is -0.900. The van der Waals surface area contributed by atoms with Gasteiger partial charge in [0, 0.05) is 5.92 Å². The number of carbonyl (C=O) groups is 2. The summed E-state index contributed by atoms with van der Waals surface area (Å²) in [5, 5.41) is 3.30. The predicted molar refractivity (Wildman–Crippen MR) is 56.6 cm³/mol. The summed E-state index contributed by atoms with van der Waals surface area (Å²) >= 11 is 0. The van der Waals surface area contributed by atoms with Crippen molar-refractivity contribution in [1.82, 2.24) is 5.32 Å². The fourth-order valence-corrected chi connectivity index (χ4v) is 3.88. The van der Waals surface area contributed by atoms with E-state index < -0.39 is 5.92 Å². The monoisotopic (exact) mass is 223 g/mol. The van der Waals surface area contributed by atoms with E-state index in [0.717, 1.165) is 32.4 Å². The maximum absolute atomic E-state index is 12.1. The van der Waals surface area contributed by atoms with Gasteiger partial charge in [-0.05, 0) is 43.7 Å². The van der Waals surface area contributed by atoms with Crippen LogP contribution in [0.2, 0.25) is 0 Å². The average Bonchev–Trinajstić information content (AvgIpc) is 3.06.